The molecule has 0 radical (unpaired) electrons. The van der Waals surface area contributed by atoms with Gasteiger partial charge in [-0.1, -0.05) is 0 Å². The lowest BCUT2D eigenvalue weighted by atomic mass is 9.91. The summed E-state index contributed by atoms with van der Waals surface area (Å²) in [6, 6.07) is 0. The number of aliphatic hydroxyl groups is 1. The van der Waals surface area contributed by atoms with E-state index in [0.29, 0.717) is 5.75 Å². The Bertz CT molecular complexity index is 345. The number of aliphatic hydroxyl groups excluding tert-OH is 1. The van der Waals surface area contributed by atoms with Crippen molar-refractivity contribution in [3.05, 3.63) is 11.9 Å². The lowest BCUT2D eigenvalue weighted by Crippen LogP contribution is -2.34. The second-order valence-corrected chi connectivity index (χ2v) is 4.27. The highest BCUT2D eigenvalue weighted by Gasteiger charge is 2.27. The van der Waals surface area contributed by atoms with Gasteiger partial charge in [-0.2, -0.15) is 5.10 Å². The standard InChI is InChI=1S/C11H19N3O2/c1-14-10(9(16-2)7-13-14)11(15)8-4-3-5-12-6-8/h7-8,11-12,15H,3-6H2,1-2H3. The monoisotopic (exact) mass is 225 g/mol. The third-order valence-corrected chi connectivity index (χ3v) is 3.23. The third kappa shape index (κ3) is 2.05. The van der Waals surface area contributed by atoms with Gasteiger partial charge in [-0.05, 0) is 19.4 Å². The van der Waals surface area contributed by atoms with Crippen LogP contribution in [-0.4, -0.2) is 35.1 Å². The van der Waals surface area contributed by atoms with Crippen LogP contribution in [0.5, 0.6) is 5.75 Å². The highest BCUT2D eigenvalue weighted by atomic mass is 16.5. The Morgan fingerprint density at radius 2 is 2.50 bits per heavy atom. The van der Waals surface area contributed by atoms with Gasteiger partial charge in [-0.25, -0.2) is 0 Å². The molecule has 0 saturated carbocycles. The van der Waals surface area contributed by atoms with Crippen molar-refractivity contribution in [1.29, 1.82) is 0 Å². The molecule has 2 heterocycles. The van der Waals surface area contributed by atoms with Crippen LogP contribution in [0.2, 0.25) is 0 Å². The molecular formula is C11H19N3O2. The first-order chi connectivity index (χ1) is 7.74. The Hall–Kier alpha value is -1.07. The van der Waals surface area contributed by atoms with Crippen molar-refractivity contribution in [3.63, 3.8) is 0 Å². The molecule has 1 aromatic rings. The van der Waals surface area contributed by atoms with Crippen LogP contribution in [0.3, 0.4) is 0 Å². The van der Waals surface area contributed by atoms with E-state index >= 15 is 0 Å². The number of nitrogens with one attached hydrogen (secondary N) is 1. The zero-order valence-electron chi connectivity index (χ0n) is 9.81. The van der Waals surface area contributed by atoms with Crippen LogP contribution in [0.25, 0.3) is 0 Å². The Morgan fingerprint density at radius 3 is 3.12 bits per heavy atom. The van der Waals surface area contributed by atoms with Crippen molar-refractivity contribution in [2.24, 2.45) is 13.0 Å². The molecule has 0 aliphatic carbocycles. The number of hydrogen-bond acceptors (Lipinski definition) is 4. The molecule has 16 heavy (non-hydrogen) atoms. The summed E-state index contributed by atoms with van der Waals surface area (Å²) in [5.41, 5.74) is 0.774. The van der Waals surface area contributed by atoms with Gasteiger partial charge in [0.05, 0.1) is 13.3 Å². The molecule has 2 N–H and O–H groups in total. The number of rotatable bonds is 3. The quantitative estimate of drug-likeness (QED) is 0.784. The van der Waals surface area contributed by atoms with Crippen LogP contribution in [-0.2, 0) is 7.05 Å². The maximum absolute atomic E-state index is 10.3. The normalized spacial score (nSPS) is 23.1. The van der Waals surface area contributed by atoms with Crippen molar-refractivity contribution in [2.45, 2.75) is 18.9 Å². The zero-order valence-corrected chi connectivity index (χ0v) is 9.81. The first-order valence-electron chi connectivity index (χ1n) is 5.68. The van der Waals surface area contributed by atoms with E-state index in [1.54, 1.807) is 18.0 Å². The first kappa shape index (κ1) is 11.4. The van der Waals surface area contributed by atoms with Gasteiger partial charge >= 0.3 is 0 Å². The number of piperidine rings is 1. The van der Waals surface area contributed by atoms with Gasteiger partial charge in [0.1, 0.15) is 11.8 Å². The number of ether oxygens (including phenoxy) is 1. The van der Waals surface area contributed by atoms with E-state index in [-0.39, 0.29) is 5.92 Å². The number of nitrogens with zero attached hydrogens (tertiary/aromatic N) is 2. The molecule has 5 nitrogen and oxygen atoms in total. The molecule has 2 rings (SSSR count). The zero-order chi connectivity index (χ0) is 11.5. The fourth-order valence-corrected chi connectivity index (χ4v) is 2.29. The highest BCUT2D eigenvalue weighted by Crippen LogP contribution is 2.32. The fraction of sp³-hybridized carbons (Fsp3) is 0.727. The van der Waals surface area contributed by atoms with Crippen molar-refractivity contribution in [3.8, 4) is 5.75 Å². The van der Waals surface area contributed by atoms with E-state index in [1.165, 1.54) is 0 Å². The average molecular weight is 225 g/mol. The number of aryl methyl sites for hydroxylation is 1. The fourth-order valence-electron chi connectivity index (χ4n) is 2.29. The van der Waals surface area contributed by atoms with Crippen LogP contribution < -0.4 is 10.1 Å². The molecule has 0 aromatic carbocycles. The van der Waals surface area contributed by atoms with Gasteiger partial charge in [0.15, 0.2) is 5.75 Å². The van der Waals surface area contributed by atoms with Crippen molar-refractivity contribution >= 4 is 0 Å². The van der Waals surface area contributed by atoms with Crippen molar-refractivity contribution in [1.82, 2.24) is 15.1 Å². The Kier molecular flexibility index (Phi) is 3.46. The van der Waals surface area contributed by atoms with Crippen molar-refractivity contribution in [2.75, 3.05) is 20.2 Å². The Balaban J connectivity index is 2.18. The second kappa shape index (κ2) is 4.84. The number of hydrogen-bond donors (Lipinski definition) is 2. The summed E-state index contributed by atoms with van der Waals surface area (Å²) >= 11 is 0. The molecule has 0 amide bonds. The molecule has 5 heteroatoms. The molecule has 1 aromatic heterocycles. The van der Waals surface area contributed by atoms with Crippen LogP contribution in [0, 0.1) is 5.92 Å². The lowest BCUT2D eigenvalue weighted by molar-refractivity contribution is 0.0823. The third-order valence-electron chi connectivity index (χ3n) is 3.23. The molecule has 2 atom stereocenters. The van der Waals surface area contributed by atoms with E-state index in [9.17, 15) is 5.11 Å². The largest absolute Gasteiger partial charge is 0.493 e. The molecule has 0 spiro atoms. The summed E-state index contributed by atoms with van der Waals surface area (Å²) in [6.07, 6.45) is 3.30. The second-order valence-electron chi connectivity index (χ2n) is 4.27. The maximum atomic E-state index is 10.3. The van der Waals surface area contributed by atoms with Crippen LogP contribution in [0.1, 0.15) is 24.6 Å². The Labute approximate surface area is 95.4 Å². The maximum Gasteiger partial charge on any atom is 0.162 e. The van der Waals surface area contributed by atoms with Gasteiger partial charge in [0.25, 0.3) is 0 Å². The topological polar surface area (TPSA) is 59.3 Å². The summed E-state index contributed by atoms with van der Waals surface area (Å²) < 4.78 is 6.91. The van der Waals surface area contributed by atoms with Gasteiger partial charge in [0.2, 0.25) is 0 Å². The Morgan fingerprint density at radius 1 is 1.69 bits per heavy atom. The van der Waals surface area contributed by atoms with E-state index in [2.05, 4.69) is 10.4 Å². The van der Waals surface area contributed by atoms with Crippen LogP contribution in [0.15, 0.2) is 6.20 Å². The van der Waals surface area contributed by atoms with Gasteiger partial charge in [-0.15, -0.1) is 0 Å². The molecule has 0 bridgehead atoms. The average Bonchev–Trinajstić information content (AvgIpc) is 2.70. The molecular weight excluding hydrogens is 206 g/mol. The molecule has 1 aliphatic heterocycles. The van der Waals surface area contributed by atoms with Gasteiger partial charge < -0.3 is 15.2 Å². The van der Waals surface area contributed by atoms with Crippen LogP contribution >= 0.6 is 0 Å². The smallest absolute Gasteiger partial charge is 0.162 e. The van der Waals surface area contributed by atoms with Gasteiger partial charge in [0, 0.05) is 19.5 Å². The predicted octanol–water partition coefficient (Wildman–Crippen LogP) is 0.462. The van der Waals surface area contributed by atoms with E-state index in [4.69, 9.17) is 4.74 Å². The minimum atomic E-state index is -0.504. The lowest BCUT2D eigenvalue weighted by Gasteiger charge is -2.27. The minimum absolute atomic E-state index is 0.248. The SMILES string of the molecule is COc1cnn(C)c1C(O)C1CCCNC1. The predicted molar refractivity (Wildman–Crippen MR) is 60.3 cm³/mol. The highest BCUT2D eigenvalue weighted by molar-refractivity contribution is 5.27. The molecule has 90 valence electrons. The summed E-state index contributed by atoms with van der Waals surface area (Å²) in [5, 5.41) is 17.8. The molecule has 1 saturated heterocycles. The van der Waals surface area contributed by atoms with E-state index < -0.39 is 6.10 Å². The summed E-state index contributed by atoms with van der Waals surface area (Å²) in [4.78, 5) is 0. The summed E-state index contributed by atoms with van der Waals surface area (Å²) in [5.74, 6) is 0.915. The first-order valence-corrected chi connectivity index (χ1v) is 5.68. The molecule has 1 aliphatic rings. The number of methoxy groups -OCH3 is 1. The van der Waals surface area contributed by atoms with E-state index in [1.807, 2.05) is 7.05 Å². The van der Waals surface area contributed by atoms with Crippen LogP contribution in [0.4, 0.5) is 0 Å². The minimum Gasteiger partial charge on any atom is -0.493 e. The molecule has 2 unspecified atom stereocenters. The van der Waals surface area contributed by atoms with E-state index in [0.717, 1.165) is 31.6 Å². The van der Waals surface area contributed by atoms with Crippen molar-refractivity contribution < 1.29 is 9.84 Å². The molecule has 1 fully saturated rings. The summed E-state index contributed by atoms with van der Waals surface area (Å²) in [6.45, 7) is 1.90. The van der Waals surface area contributed by atoms with Gasteiger partial charge in [-0.3, -0.25) is 4.68 Å². The number of aromatic nitrogens is 2. The summed E-state index contributed by atoms with van der Waals surface area (Å²) in [7, 11) is 3.43.